The number of likely N-dealkylation sites (N-methyl/N-ethyl adjacent to an activating group) is 1. The van der Waals surface area contributed by atoms with Crippen LogP contribution in [0.15, 0.2) is 34.8 Å². The topological polar surface area (TPSA) is 208 Å². The summed E-state index contributed by atoms with van der Waals surface area (Å²) in [6, 6.07) is 2.03. The van der Waals surface area contributed by atoms with E-state index in [-0.39, 0.29) is 17.9 Å². The molecule has 0 saturated heterocycles. The van der Waals surface area contributed by atoms with Crippen molar-refractivity contribution in [2.75, 3.05) is 20.7 Å². The number of hydrogen-bond donors (Lipinski definition) is 6. The molecule has 4 rings (SSSR count). The molecular weight excluding hydrogens is 548 g/mol. The van der Waals surface area contributed by atoms with Crippen LogP contribution in [0.5, 0.6) is 5.75 Å². The first-order chi connectivity index (χ1) is 19.4. The van der Waals surface area contributed by atoms with Gasteiger partial charge in [0.25, 0.3) is 5.91 Å². The van der Waals surface area contributed by atoms with Crippen LogP contribution in [0.2, 0.25) is 0 Å². The second-order valence-corrected chi connectivity index (χ2v) is 12.3. The molecule has 0 saturated carbocycles. The van der Waals surface area contributed by atoms with E-state index < -0.39 is 87.0 Å². The standard InChI is InChI=1S/C30H38N2O10/c1-12-14-8-9-15(29(3,4)10-7-11-42-13(2)33)22(34)17(14)23(35)18-16(12)24(36)20-21(32(5)6)25(37)19(28(31)40)27(39)30(20,41)26(18)38/h8-9,12,16,20-21,24,34,36-38,41H,7,10-11H2,1-6H3,(H2,31,40)/t12-,16+,20+,21-,24-,30-/m1/s1. The molecule has 12 heteroatoms. The lowest BCUT2D eigenvalue weighted by atomic mass is 9.55. The van der Waals surface area contributed by atoms with Gasteiger partial charge in [0, 0.05) is 24.0 Å². The summed E-state index contributed by atoms with van der Waals surface area (Å²) in [6.45, 7) is 6.87. The van der Waals surface area contributed by atoms with Crippen molar-refractivity contribution >= 4 is 23.4 Å². The normalized spacial score (nSPS) is 29.3. The Morgan fingerprint density at radius 3 is 2.31 bits per heavy atom. The summed E-state index contributed by atoms with van der Waals surface area (Å²) in [5.41, 5.74) is 0.986. The van der Waals surface area contributed by atoms with E-state index in [0.29, 0.717) is 24.0 Å². The van der Waals surface area contributed by atoms with Gasteiger partial charge in [0.1, 0.15) is 22.8 Å². The minimum absolute atomic E-state index is 0.138. The van der Waals surface area contributed by atoms with Crippen LogP contribution in [0, 0.1) is 11.8 Å². The van der Waals surface area contributed by atoms with Crippen LogP contribution < -0.4 is 5.73 Å². The van der Waals surface area contributed by atoms with Gasteiger partial charge in [0.05, 0.1) is 30.2 Å². The fraction of sp³-hybridized carbons (Fsp3) is 0.533. The zero-order valence-electron chi connectivity index (χ0n) is 24.5. The number of phenolic OH excluding ortho intramolecular Hbond substituents is 1. The predicted molar refractivity (Wildman–Crippen MR) is 149 cm³/mol. The average Bonchev–Trinajstić information content (AvgIpc) is 2.88. The molecule has 42 heavy (non-hydrogen) atoms. The summed E-state index contributed by atoms with van der Waals surface area (Å²) in [6.07, 6.45) is -0.681. The summed E-state index contributed by atoms with van der Waals surface area (Å²) < 4.78 is 5.00. The highest BCUT2D eigenvalue weighted by molar-refractivity contribution is 6.25. The molecule has 1 aromatic rings. The maximum Gasteiger partial charge on any atom is 0.302 e. The van der Waals surface area contributed by atoms with Gasteiger partial charge < -0.3 is 36.0 Å². The third-order valence-corrected chi connectivity index (χ3v) is 9.11. The minimum atomic E-state index is -2.97. The monoisotopic (exact) mass is 586 g/mol. The second-order valence-electron chi connectivity index (χ2n) is 12.3. The number of ketones is 2. The first kappa shape index (κ1) is 31.2. The third-order valence-electron chi connectivity index (χ3n) is 9.11. The Labute approximate surface area is 243 Å². The van der Waals surface area contributed by atoms with E-state index in [9.17, 15) is 44.7 Å². The number of Topliss-reactive ketones (excluding diaryl/α,β-unsaturated/α-hetero) is 2. The Balaban J connectivity index is 1.89. The van der Waals surface area contributed by atoms with Gasteiger partial charge >= 0.3 is 5.97 Å². The molecule has 1 amide bonds. The fourth-order valence-electron chi connectivity index (χ4n) is 7.03. The Morgan fingerprint density at radius 2 is 1.76 bits per heavy atom. The van der Waals surface area contributed by atoms with E-state index in [0.717, 1.165) is 0 Å². The van der Waals surface area contributed by atoms with Gasteiger partial charge in [0.15, 0.2) is 11.4 Å². The number of phenols is 1. The highest BCUT2D eigenvalue weighted by atomic mass is 16.5. The van der Waals surface area contributed by atoms with Crippen LogP contribution >= 0.6 is 0 Å². The molecule has 3 aliphatic carbocycles. The molecule has 6 atom stereocenters. The van der Waals surface area contributed by atoms with E-state index >= 15 is 0 Å². The number of carbonyl (C=O) groups excluding carboxylic acids is 4. The van der Waals surface area contributed by atoms with Crippen molar-refractivity contribution < 1.29 is 49.4 Å². The molecule has 1 aromatic carbocycles. The molecule has 0 aliphatic heterocycles. The number of primary amides is 1. The van der Waals surface area contributed by atoms with Crippen molar-refractivity contribution in [1.82, 2.24) is 4.90 Å². The molecule has 7 N–H and O–H groups in total. The van der Waals surface area contributed by atoms with Crippen molar-refractivity contribution in [3.8, 4) is 5.75 Å². The average molecular weight is 587 g/mol. The van der Waals surface area contributed by atoms with Crippen LogP contribution in [-0.4, -0.2) is 92.3 Å². The number of hydrogen-bond acceptors (Lipinski definition) is 11. The summed E-state index contributed by atoms with van der Waals surface area (Å²) in [5, 5.41) is 57.4. The maximum absolute atomic E-state index is 14.1. The Hall–Kier alpha value is -3.74. The van der Waals surface area contributed by atoms with E-state index in [1.807, 2.05) is 13.8 Å². The van der Waals surface area contributed by atoms with Crippen LogP contribution in [0.25, 0.3) is 0 Å². The van der Waals surface area contributed by atoms with Gasteiger partial charge in [-0.3, -0.25) is 24.1 Å². The number of amides is 1. The van der Waals surface area contributed by atoms with Gasteiger partial charge in [-0.15, -0.1) is 0 Å². The summed E-state index contributed by atoms with van der Waals surface area (Å²) in [4.78, 5) is 52.2. The molecule has 228 valence electrons. The number of aromatic hydroxyl groups is 1. The van der Waals surface area contributed by atoms with Gasteiger partial charge in [-0.05, 0) is 43.8 Å². The fourth-order valence-corrected chi connectivity index (χ4v) is 7.03. The smallest absolute Gasteiger partial charge is 0.302 e. The number of esters is 1. The second kappa shape index (κ2) is 10.5. The number of rotatable bonds is 7. The van der Waals surface area contributed by atoms with Crippen molar-refractivity contribution in [2.45, 2.75) is 69.6 Å². The van der Waals surface area contributed by atoms with Crippen LogP contribution in [0.4, 0.5) is 0 Å². The molecule has 0 unspecified atom stereocenters. The van der Waals surface area contributed by atoms with Gasteiger partial charge in [-0.1, -0.05) is 32.9 Å². The predicted octanol–water partition coefficient (Wildman–Crippen LogP) is 1.27. The minimum Gasteiger partial charge on any atom is -0.510 e. The maximum atomic E-state index is 14.1. The number of aliphatic hydroxyl groups excluding tert-OH is 3. The van der Waals surface area contributed by atoms with Crippen LogP contribution in [0.3, 0.4) is 0 Å². The Kier molecular flexibility index (Phi) is 7.81. The molecule has 0 aromatic heterocycles. The molecule has 0 heterocycles. The number of aliphatic hydroxyl groups is 4. The van der Waals surface area contributed by atoms with E-state index in [1.165, 1.54) is 25.9 Å². The number of nitrogens with two attached hydrogens (primary N) is 1. The van der Waals surface area contributed by atoms with Crippen LogP contribution in [0.1, 0.15) is 67.9 Å². The molecule has 3 aliphatic rings. The number of carbonyl (C=O) groups is 4. The summed E-state index contributed by atoms with van der Waals surface area (Å²) >= 11 is 0. The van der Waals surface area contributed by atoms with Gasteiger partial charge in [-0.2, -0.15) is 0 Å². The first-order valence-corrected chi connectivity index (χ1v) is 13.7. The number of nitrogens with zero attached hydrogens (tertiary/aromatic N) is 1. The van der Waals surface area contributed by atoms with Crippen molar-refractivity contribution in [1.29, 1.82) is 0 Å². The molecular formula is C30H38N2O10. The zero-order valence-corrected chi connectivity index (χ0v) is 24.5. The molecule has 12 nitrogen and oxygen atoms in total. The van der Waals surface area contributed by atoms with Crippen molar-refractivity contribution in [3.05, 3.63) is 51.5 Å². The van der Waals surface area contributed by atoms with E-state index in [2.05, 4.69) is 0 Å². The summed E-state index contributed by atoms with van der Waals surface area (Å²) in [5.74, 6) is -9.63. The number of ether oxygens (including phenoxy) is 1. The quantitative estimate of drug-likeness (QED) is 0.152. The van der Waals surface area contributed by atoms with Crippen LogP contribution in [-0.2, 0) is 24.5 Å². The first-order valence-electron chi connectivity index (χ1n) is 13.7. The number of fused-ring (bicyclic) bond motifs is 3. The lowest BCUT2D eigenvalue weighted by Gasteiger charge is -2.53. The summed E-state index contributed by atoms with van der Waals surface area (Å²) in [7, 11) is 2.97. The van der Waals surface area contributed by atoms with Gasteiger partial charge in [0.2, 0.25) is 5.78 Å². The van der Waals surface area contributed by atoms with Gasteiger partial charge in [-0.25, -0.2) is 0 Å². The Morgan fingerprint density at radius 1 is 1.14 bits per heavy atom. The highest BCUT2D eigenvalue weighted by Crippen LogP contribution is 2.56. The highest BCUT2D eigenvalue weighted by Gasteiger charge is 2.67. The SMILES string of the molecule is CC(=O)OCCCC(C)(C)c1ccc2c(c1O)C(=O)C1=C(O)[C@@]3(O)C(=O)C(C(N)=O)=C(O)[C@H](N(C)C)[C@H]3[C@H](O)[C@H]1[C@@H]2C. The lowest BCUT2D eigenvalue weighted by molar-refractivity contribution is -0.162. The molecule has 0 bridgehead atoms. The largest absolute Gasteiger partial charge is 0.510 e. The van der Waals surface area contributed by atoms with E-state index in [4.69, 9.17) is 10.5 Å². The Bertz CT molecular complexity index is 1440. The third kappa shape index (κ3) is 4.40. The zero-order chi connectivity index (χ0) is 31.6. The number of benzene rings is 1. The molecule has 0 fully saturated rings. The molecule has 0 radical (unpaired) electrons. The lowest BCUT2D eigenvalue weighted by Crippen LogP contribution is -2.68. The van der Waals surface area contributed by atoms with E-state index in [1.54, 1.807) is 19.1 Å². The van der Waals surface area contributed by atoms with Crippen molar-refractivity contribution in [3.63, 3.8) is 0 Å². The molecule has 0 spiro atoms. The van der Waals surface area contributed by atoms with Crippen molar-refractivity contribution in [2.24, 2.45) is 17.6 Å².